The van der Waals surface area contributed by atoms with Crippen molar-refractivity contribution in [3.63, 3.8) is 0 Å². The molecule has 122 valence electrons. The van der Waals surface area contributed by atoms with Crippen LogP contribution in [0.15, 0.2) is 29.1 Å². The molecule has 2 bridgehead atoms. The molecule has 0 spiro atoms. The highest BCUT2D eigenvalue weighted by Crippen LogP contribution is 2.66. The molecule has 0 aliphatic heterocycles. The van der Waals surface area contributed by atoms with Gasteiger partial charge in [0, 0.05) is 18.0 Å². The average Bonchev–Trinajstić information content (AvgIpc) is 2.99. The van der Waals surface area contributed by atoms with Crippen molar-refractivity contribution in [2.75, 3.05) is 7.11 Å². The molecule has 4 nitrogen and oxygen atoms in total. The van der Waals surface area contributed by atoms with Crippen molar-refractivity contribution < 1.29 is 4.74 Å². The van der Waals surface area contributed by atoms with Crippen LogP contribution in [0.3, 0.4) is 0 Å². The van der Waals surface area contributed by atoms with E-state index in [0.717, 1.165) is 29.8 Å². The van der Waals surface area contributed by atoms with Gasteiger partial charge in [-0.05, 0) is 48.4 Å². The van der Waals surface area contributed by atoms with Crippen LogP contribution < -0.4 is 10.3 Å². The van der Waals surface area contributed by atoms with Gasteiger partial charge in [0.15, 0.2) is 0 Å². The Labute approximate surface area is 136 Å². The number of nitrogens with zero attached hydrogens (tertiary/aromatic N) is 2. The molecular weight excluding hydrogens is 288 g/mol. The Morgan fingerprint density at radius 2 is 1.83 bits per heavy atom. The van der Waals surface area contributed by atoms with Gasteiger partial charge < -0.3 is 4.74 Å². The van der Waals surface area contributed by atoms with Gasteiger partial charge in [-0.15, -0.1) is 0 Å². The van der Waals surface area contributed by atoms with Crippen LogP contribution in [-0.4, -0.2) is 16.5 Å². The third-order valence-corrected chi connectivity index (χ3v) is 6.72. The molecule has 1 saturated carbocycles. The van der Waals surface area contributed by atoms with Crippen LogP contribution in [0.2, 0.25) is 0 Å². The van der Waals surface area contributed by atoms with Gasteiger partial charge >= 0.3 is 0 Å². The number of methoxy groups -OCH3 is 1. The van der Waals surface area contributed by atoms with Crippen LogP contribution in [0.5, 0.6) is 5.75 Å². The van der Waals surface area contributed by atoms with Crippen molar-refractivity contribution >= 4 is 0 Å². The lowest BCUT2D eigenvalue weighted by atomic mass is 9.70. The number of rotatable bonds is 2. The molecule has 2 unspecified atom stereocenters. The summed E-state index contributed by atoms with van der Waals surface area (Å²) in [5.74, 6) is 1.18. The average molecular weight is 312 g/mol. The first-order valence-corrected chi connectivity index (χ1v) is 8.30. The minimum atomic E-state index is 0.0820. The van der Waals surface area contributed by atoms with Crippen LogP contribution in [0.25, 0.3) is 5.69 Å². The largest absolute Gasteiger partial charge is 0.497 e. The zero-order valence-corrected chi connectivity index (χ0v) is 14.5. The second-order valence-corrected chi connectivity index (χ2v) is 7.75. The molecule has 1 aromatic carbocycles. The molecule has 0 amide bonds. The number of ether oxygens (including phenoxy) is 1. The highest BCUT2D eigenvalue weighted by atomic mass is 16.5. The zero-order chi connectivity index (χ0) is 16.6. The first-order valence-electron chi connectivity index (χ1n) is 8.30. The Morgan fingerprint density at radius 3 is 2.39 bits per heavy atom. The summed E-state index contributed by atoms with van der Waals surface area (Å²) in [4.78, 5) is 13.2. The molecule has 2 atom stereocenters. The van der Waals surface area contributed by atoms with Crippen molar-refractivity contribution in [3.8, 4) is 11.4 Å². The summed E-state index contributed by atoms with van der Waals surface area (Å²) in [6.07, 6.45) is 2.29. The monoisotopic (exact) mass is 312 g/mol. The number of hydrogen-bond acceptors (Lipinski definition) is 2. The van der Waals surface area contributed by atoms with Crippen molar-refractivity contribution in [1.29, 1.82) is 0 Å². The molecule has 4 rings (SSSR count). The maximum absolute atomic E-state index is 13.2. The third-order valence-electron chi connectivity index (χ3n) is 6.72. The molecule has 2 aliphatic rings. The zero-order valence-electron chi connectivity index (χ0n) is 14.5. The summed E-state index contributed by atoms with van der Waals surface area (Å²) < 4.78 is 9.12. The van der Waals surface area contributed by atoms with Crippen molar-refractivity contribution in [1.82, 2.24) is 9.36 Å². The van der Waals surface area contributed by atoms with Gasteiger partial charge in [0.25, 0.3) is 5.56 Å². The van der Waals surface area contributed by atoms with Crippen molar-refractivity contribution in [2.24, 2.45) is 12.5 Å². The molecule has 0 N–H and O–H groups in total. The van der Waals surface area contributed by atoms with Gasteiger partial charge in [-0.2, -0.15) is 0 Å². The number of hydrogen-bond donors (Lipinski definition) is 0. The van der Waals surface area contributed by atoms with Gasteiger partial charge in [-0.3, -0.25) is 9.48 Å². The Bertz CT molecular complexity index is 841. The second-order valence-electron chi connectivity index (χ2n) is 7.75. The molecule has 2 aliphatic carbocycles. The summed E-state index contributed by atoms with van der Waals surface area (Å²) in [7, 11) is 3.67. The van der Waals surface area contributed by atoms with E-state index in [1.807, 2.05) is 36.0 Å². The lowest BCUT2D eigenvalue weighted by Crippen LogP contribution is -2.35. The Kier molecular flexibility index (Phi) is 2.74. The summed E-state index contributed by atoms with van der Waals surface area (Å²) in [6.45, 7) is 6.97. The van der Waals surface area contributed by atoms with Crippen LogP contribution in [0.1, 0.15) is 50.8 Å². The smallest absolute Gasteiger partial charge is 0.275 e. The molecule has 1 fully saturated rings. The van der Waals surface area contributed by atoms with E-state index < -0.39 is 0 Å². The van der Waals surface area contributed by atoms with Gasteiger partial charge in [-0.25, -0.2) is 4.68 Å². The van der Waals surface area contributed by atoms with E-state index in [2.05, 4.69) is 25.5 Å². The van der Waals surface area contributed by atoms with Crippen molar-refractivity contribution in [3.05, 3.63) is 45.9 Å². The molecule has 1 aromatic heterocycles. The molecule has 23 heavy (non-hydrogen) atoms. The lowest BCUT2D eigenvalue weighted by molar-refractivity contribution is 0.218. The molecular formula is C19H24N2O2. The SMILES string of the molecule is COc1ccc(-n2c(=O)c3c(n2C)C2(C)CCC3C2(C)C)cc1. The Morgan fingerprint density at radius 1 is 1.17 bits per heavy atom. The van der Waals surface area contributed by atoms with Gasteiger partial charge in [0.05, 0.1) is 18.5 Å². The maximum atomic E-state index is 13.2. The van der Waals surface area contributed by atoms with E-state index in [4.69, 9.17) is 4.74 Å². The fraction of sp³-hybridized carbons (Fsp3) is 0.526. The van der Waals surface area contributed by atoms with Gasteiger partial charge in [0.1, 0.15) is 5.75 Å². The van der Waals surface area contributed by atoms with Crippen molar-refractivity contribution in [2.45, 2.75) is 44.9 Å². The highest BCUT2D eigenvalue weighted by Gasteiger charge is 2.62. The normalized spacial score (nSPS) is 27.3. The summed E-state index contributed by atoms with van der Waals surface area (Å²) in [5.41, 5.74) is 3.57. The highest BCUT2D eigenvalue weighted by molar-refractivity contribution is 5.47. The predicted octanol–water partition coefficient (Wildman–Crippen LogP) is 3.36. The molecule has 4 heteroatoms. The summed E-state index contributed by atoms with van der Waals surface area (Å²) >= 11 is 0. The molecule has 0 radical (unpaired) electrons. The van der Waals surface area contributed by atoms with E-state index >= 15 is 0 Å². The molecule has 2 aromatic rings. The first kappa shape index (κ1) is 14.6. The van der Waals surface area contributed by atoms with E-state index in [1.54, 1.807) is 7.11 Å². The van der Waals surface area contributed by atoms with E-state index in [1.165, 1.54) is 5.69 Å². The van der Waals surface area contributed by atoms with Crippen LogP contribution in [0, 0.1) is 5.41 Å². The lowest BCUT2D eigenvalue weighted by Gasteiger charge is -2.36. The quantitative estimate of drug-likeness (QED) is 0.852. The first-order chi connectivity index (χ1) is 10.8. The minimum absolute atomic E-state index is 0.0820. The van der Waals surface area contributed by atoms with E-state index in [0.29, 0.717) is 5.92 Å². The second kappa shape index (κ2) is 4.31. The van der Waals surface area contributed by atoms with Crippen LogP contribution in [0.4, 0.5) is 0 Å². The number of aromatic nitrogens is 2. The summed E-state index contributed by atoms with van der Waals surface area (Å²) in [6, 6.07) is 7.70. The molecule has 0 saturated heterocycles. The number of fused-ring (bicyclic) bond motifs is 5. The maximum Gasteiger partial charge on any atom is 0.275 e. The van der Waals surface area contributed by atoms with Crippen LogP contribution in [-0.2, 0) is 12.5 Å². The Hall–Kier alpha value is -1.97. The van der Waals surface area contributed by atoms with Gasteiger partial charge in [-0.1, -0.05) is 20.8 Å². The topological polar surface area (TPSA) is 36.2 Å². The fourth-order valence-corrected chi connectivity index (χ4v) is 5.04. The number of benzene rings is 1. The third kappa shape index (κ3) is 1.54. The van der Waals surface area contributed by atoms with E-state index in [-0.39, 0.29) is 16.4 Å². The Balaban J connectivity index is 1.95. The minimum Gasteiger partial charge on any atom is -0.497 e. The summed E-state index contributed by atoms with van der Waals surface area (Å²) in [5, 5.41) is 0. The van der Waals surface area contributed by atoms with Crippen LogP contribution >= 0.6 is 0 Å². The standard InChI is InChI=1S/C19H24N2O2/c1-18(2)14-10-11-19(18,3)16-15(14)17(22)21(20(16)4)12-6-8-13(23-5)9-7-12/h6-9,14H,10-11H2,1-5H3. The molecule has 1 heterocycles. The van der Waals surface area contributed by atoms with E-state index in [9.17, 15) is 4.79 Å². The van der Waals surface area contributed by atoms with Gasteiger partial charge in [0.2, 0.25) is 0 Å². The predicted molar refractivity (Wildman–Crippen MR) is 90.7 cm³/mol. The fourth-order valence-electron chi connectivity index (χ4n) is 5.04.